The minimum absolute atomic E-state index is 0.0785. The quantitative estimate of drug-likeness (QED) is 0.820. The Hall–Kier alpha value is -2.73. The molecule has 1 aromatic heterocycles. The fourth-order valence-corrected chi connectivity index (χ4v) is 4.04. The maximum Gasteiger partial charge on any atom is 0.270 e. The molecular weight excluding hydrogens is 362 g/mol. The minimum Gasteiger partial charge on any atom is -0.354 e. The maximum atomic E-state index is 12.5. The number of piperazine rings is 1. The number of hydrogen-bond acceptors (Lipinski definition) is 5. The first kappa shape index (κ1) is 19.6. The first-order valence-electron chi connectivity index (χ1n) is 10.6. The van der Waals surface area contributed by atoms with Crippen molar-refractivity contribution in [3.05, 3.63) is 60.1 Å². The number of carbonyl (C=O) groups is 1. The van der Waals surface area contributed by atoms with E-state index in [0.717, 1.165) is 51.4 Å². The van der Waals surface area contributed by atoms with E-state index in [-0.39, 0.29) is 5.91 Å². The summed E-state index contributed by atoms with van der Waals surface area (Å²) in [7, 11) is 0. The molecule has 2 fully saturated rings. The van der Waals surface area contributed by atoms with Crippen LogP contribution in [-0.2, 0) is 0 Å². The van der Waals surface area contributed by atoms with E-state index in [4.69, 9.17) is 0 Å². The topological polar surface area (TPSA) is 61.4 Å². The molecule has 1 saturated heterocycles. The average Bonchev–Trinajstić information content (AvgIpc) is 3.28. The lowest BCUT2D eigenvalue weighted by molar-refractivity contribution is 0.0932. The third-order valence-corrected chi connectivity index (χ3v) is 5.75. The fraction of sp³-hybridized carbons (Fsp3) is 0.435. The van der Waals surface area contributed by atoms with Crippen LogP contribution >= 0.6 is 0 Å². The van der Waals surface area contributed by atoms with Crippen LogP contribution in [0.25, 0.3) is 6.08 Å². The molecule has 1 aliphatic heterocycles. The standard InChI is InChI=1S/C23H29N5O/c29-23(26-20-10-4-5-11-20)21-17-22(25-18-24-21)28-15-13-27(14-16-28)12-6-9-19-7-2-1-3-8-19/h1-3,6-9,17-18,20H,4-5,10-16H2,(H,26,29)/b9-6+. The molecule has 1 aliphatic carbocycles. The summed E-state index contributed by atoms with van der Waals surface area (Å²) in [5.74, 6) is 0.765. The highest BCUT2D eigenvalue weighted by Gasteiger charge is 2.21. The van der Waals surface area contributed by atoms with E-state index < -0.39 is 0 Å². The van der Waals surface area contributed by atoms with Gasteiger partial charge in [0.2, 0.25) is 0 Å². The summed E-state index contributed by atoms with van der Waals surface area (Å²) in [6, 6.07) is 12.5. The molecule has 6 nitrogen and oxygen atoms in total. The number of aromatic nitrogens is 2. The van der Waals surface area contributed by atoms with Crippen LogP contribution < -0.4 is 10.2 Å². The van der Waals surface area contributed by atoms with E-state index in [1.807, 2.05) is 12.1 Å². The van der Waals surface area contributed by atoms with Gasteiger partial charge >= 0.3 is 0 Å². The van der Waals surface area contributed by atoms with Crippen LogP contribution in [0.1, 0.15) is 41.7 Å². The van der Waals surface area contributed by atoms with Crippen molar-refractivity contribution in [2.45, 2.75) is 31.7 Å². The van der Waals surface area contributed by atoms with Crippen molar-refractivity contribution in [2.75, 3.05) is 37.6 Å². The van der Waals surface area contributed by atoms with E-state index in [1.54, 1.807) is 0 Å². The summed E-state index contributed by atoms with van der Waals surface area (Å²) >= 11 is 0. The van der Waals surface area contributed by atoms with Crippen LogP contribution in [0.15, 0.2) is 48.8 Å². The van der Waals surface area contributed by atoms with Crippen LogP contribution in [0.4, 0.5) is 5.82 Å². The second-order valence-electron chi connectivity index (χ2n) is 7.82. The van der Waals surface area contributed by atoms with Crippen LogP contribution in [0.5, 0.6) is 0 Å². The zero-order valence-electron chi connectivity index (χ0n) is 16.8. The summed E-state index contributed by atoms with van der Waals surface area (Å²) in [5, 5.41) is 3.11. The number of hydrogen-bond donors (Lipinski definition) is 1. The number of anilines is 1. The first-order valence-corrected chi connectivity index (χ1v) is 10.6. The molecule has 1 aromatic carbocycles. The summed E-state index contributed by atoms with van der Waals surface area (Å²) < 4.78 is 0. The van der Waals surface area contributed by atoms with Gasteiger partial charge in [-0.15, -0.1) is 0 Å². The molecule has 2 aliphatic rings. The maximum absolute atomic E-state index is 12.5. The van der Waals surface area contributed by atoms with Crippen molar-refractivity contribution < 1.29 is 4.79 Å². The Bertz CT molecular complexity index is 824. The monoisotopic (exact) mass is 391 g/mol. The van der Waals surface area contributed by atoms with Gasteiger partial charge in [-0.05, 0) is 18.4 Å². The minimum atomic E-state index is -0.0785. The first-order chi connectivity index (χ1) is 14.3. The van der Waals surface area contributed by atoms with Crippen LogP contribution in [0, 0.1) is 0 Å². The number of benzene rings is 1. The van der Waals surface area contributed by atoms with Crippen molar-refractivity contribution in [1.29, 1.82) is 0 Å². The number of nitrogens with zero attached hydrogens (tertiary/aromatic N) is 4. The average molecular weight is 392 g/mol. The SMILES string of the molecule is O=C(NC1CCCC1)c1cc(N2CCN(C/C=C/c3ccccc3)CC2)ncn1. The smallest absolute Gasteiger partial charge is 0.270 e. The Morgan fingerprint density at radius 2 is 1.83 bits per heavy atom. The van der Waals surface area contributed by atoms with Crippen molar-refractivity contribution in [1.82, 2.24) is 20.2 Å². The molecule has 0 bridgehead atoms. The van der Waals surface area contributed by atoms with E-state index in [0.29, 0.717) is 11.7 Å². The van der Waals surface area contributed by atoms with Crippen molar-refractivity contribution in [3.8, 4) is 0 Å². The molecule has 4 rings (SSSR count). The van der Waals surface area contributed by atoms with E-state index in [2.05, 4.69) is 61.5 Å². The molecule has 152 valence electrons. The van der Waals surface area contributed by atoms with E-state index in [1.165, 1.54) is 24.7 Å². The summed E-state index contributed by atoms with van der Waals surface area (Å²) in [5.41, 5.74) is 1.70. The van der Waals surface area contributed by atoms with Gasteiger partial charge in [0.15, 0.2) is 0 Å². The van der Waals surface area contributed by atoms with Crippen molar-refractivity contribution >= 4 is 17.8 Å². The summed E-state index contributed by atoms with van der Waals surface area (Å²) in [6.07, 6.45) is 10.4. The van der Waals surface area contributed by atoms with Gasteiger partial charge in [-0.25, -0.2) is 9.97 Å². The third kappa shape index (κ3) is 5.41. The van der Waals surface area contributed by atoms with Gasteiger partial charge in [0.1, 0.15) is 17.8 Å². The van der Waals surface area contributed by atoms with Crippen LogP contribution in [0.3, 0.4) is 0 Å². The number of rotatable bonds is 6. The molecule has 0 unspecified atom stereocenters. The lowest BCUT2D eigenvalue weighted by Crippen LogP contribution is -2.46. The highest BCUT2D eigenvalue weighted by Crippen LogP contribution is 2.19. The molecule has 2 aromatic rings. The molecule has 1 N–H and O–H groups in total. The number of carbonyl (C=O) groups excluding carboxylic acids is 1. The second kappa shape index (κ2) is 9.65. The van der Waals surface area contributed by atoms with Gasteiger partial charge in [0.05, 0.1) is 0 Å². The van der Waals surface area contributed by atoms with Crippen molar-refractivity contribution in [3.63, 3.8) is 0 Å². The van der Waals surface area contributed by atoms with Crippen molar-refractivity contribution in [2.24, 2.45) is 0 Å². The van der Waals surface area contributed by atoms with Gasteiger partial charge in [0.25, 0.3) is 5.91 Å². The molecule has 0 radical (unpaired) electrons. The molecule has 2 heterocycles. The Morgan fingerprint density at radius 3 is 2.59 bits per heavy atom. The Kier molecular flexibility index (Phi) is 6.52. The van der Waals surface area contributed by atoms with Crippen LogP contribution in [0.2, 0.25) is 0 Å². The molecule has 6 heteroatoms. The van der Waals surface area contributed by atoms with E-state index in [9.17, 15) is 4.79 Å². The number of nitrogens with one attached hydrogen (secondary N) is 1. The zero-order valence-corrected chi connectivity index (χ0v) is 16.8. The molecule has 1 amide bonds. The Balaban J connectivity index is 1.28. The lowest BCUT2D eigenvalue weighted by Gasteiger charge is -2.34. The highest BCUT2D eigenvalue weighted by atomic mass is 16.1. The fourth-order valence-electron chi connectivity index (χ4n) is 4.04. The van der Waals surface area contributed by atoms with Gasteiger partial charge < -0.3 is 10.2 Å². The molecular formula is C23H29N5O. The predicted octanol–water partition coefficient (Wildman–Crippen LogP) is 2.98. The van der Waals surface area contributed by atoms with Gasteiger partial charge in [-0.3, -0.25) is 9.69 Å². The Labute approximate surface area is 172 Å². The largest absolute Gasteiger partial charge is 0.354 e. The zero-order chi connectivity index (χ0) is 19.9. The summed E-state index contributed by atoms with van der Waals surface area (Å²) in [6.45, 7) is 4.71. The molecule has 0 atom stereocenters. The van der Waals surface area contributed by atoms with Gasteiger partial charge in [-0.2, -0.15) is 0 Å². The number of amides is 1. The normalized spacial score (nSPS) is 18.4. The lowest BCUT2D eigenvalue weighted by atomic mass is 10.2. The van der Waals surface area contributed by atoms with Crippen LogP contribution in [-0.4, -0.2) is 59.5 Å². The molecule has 29 heavy (non-hydrogen) atoms. The van der Waals surface area contributed by atoms with Gasteiger partial charge in [-0.1, -0.05) is 55.3 Å². The molecule has 1 saturated carbocycles. The Morgan fingerprint density at radius 1 is 1.07 bits per heavy atom. The summed E-state index contributed by atoms with van der Waals surface area (Å²) in [4.78, 5) is 25.8. The third-order valence-electron chi connectivity index (χ3n) is 5.75. The predicted molar refractivity (Wildman–Crippen MR) is 116 cm³/mol. The van der Waals surface area contributed by atoms with Gasteiger partial charge in [0, 0.05) is 44.8 Å². The molecule has 0 spiro atoms. The highest BCUT2D eigenvalue weighted by molar-refractivity contribution is 5.93. The van der Waals surface area contributed by atoms with E-state index >= 15 is 0 Å². The second-order valence-corrected chi connectivity index (χ2v) is 7.82.